The van der Waals surface area contributed by atoms with E-state index in [0.29, 0.717) is 18.3 Å². The lowest BCUT2D eigenvalue weighted by atomic mass is 10.1. The smallest absolute Gasteiger partial charge is 0.193 e. The highest BCUT2D eigenvalue weighted by atomic mass is 16.5. The molecule has 1 atom stereocenters. The predicted octanol–water partition coefficient (Wildman–Crippen LogP) is 4.13. The fourth-order valence-electron chi connectivity index (χ4n) is 4.87. The monoisotopic (exact) mass is 429 g/mol. The molecule has 0 aromatic heterocycles. The Bertz CT molecular complexity index is 691. The minimum absolute atomic E-state index is 0.299. The minimum Gasteiger partial charge on any atom is -0.490 e. The van der Waals surface area contributed by atoms with Crippen LogP contribution in [-0.2, 0) is 16.0 Å². The van der Waals surface area contributed by atoms with Crippen molar-refractivity contribution in [3.63, 3.8) is 0 Å². The fourth-order valence-corrected chi connectivity index (χ4v) is 4.87. The van der Waals surface area contributed by atoms with Crippen molar-refractivity contribution >= 4 is 5.96 Å². The van der Waals surface area contributed by atoms with Crippen molar-refractivity contribution in [1.82, 2.24) is 10.2 Å². The third-order valence-electron chi connectivity index (χ3n) is 6.75. The van der Waals surface area contributed by atoms with Gasteiger partial charge in [-0.3, -0.25) is 4.99 Å². The van der Waals surface area contributed by atoms with E-state index in [1.807, 2.05) is 7.05 Å². The van der Waals surface area contributed by atoms with E-state index in [0.717, 1.165) is 63.8 Å². The summed E-state index contributed by atoms with van der Waals surface area (Å²) in [5.41, 5.74) is 1.20. The topological polar surface area (TPSA) is 55.3 Å². The number of hydrogen-bond donors (Lipinski definition) is 1. The molecule has 172 valence electrons. The molecule has 1 aromatic carbocycles. The van der Waals surface area contributed by atoms with Gasteiger partial charge in [0.15, 0.2) is 5.96 Å². The molecule has 6 heteroatoms. The van der Waals surface area contributed by atoms with Gasteiger partial charge in [0.2, 0.25) is 0 Å². The molecule has 1 N–H and O–H groups in total. The standard InChI is InChI=1S/C25H39N3O3/c1-26-25(27-18-20-8-2-5-12-24(20)31-22-9-3-4-10-22)28-15-13-21(14-16-28)30-19-23-11-6-7-17-29-23/h2,5,8,12,21-23H,3-4,6-7,9-11,13-19H2,1H3,(H,26,27). The molecule has 2 saturated heterocycles. The molecule has 1 unspecified atom stereocenters. The number of ether oxygens (including phenoxy) is 3. The molecule has 0 radical (unpaired) electrons. The normalized spacial score (nSPS) is 23.8. The lowest BCUT2D eigenvalue weighted by Crippen LogP contribution is -2.47. The lowest BCUT2D eigenvalue weighted by molar-refractivity contribution is -0.0721. The van der Waals surface area contributed by atoms with Crippen molar-refractivity contribution in [1.29, 1.82) is 0 Å². The zero-order chi connectivity index (χ0) is 21.3. The maximum absolute atomic E-state index is 6.29. The molecule has 31 heavy (non-hydrogen) atoms. The van der Waals surface area contributed by atoms with Gasteiger partial charge in [-0.25, -0.2) is 0 Å². The zero-order valence-electron chi connectivity index (χ0n) is 19.1. The Balaban J connectivity index is 1.22. The Morgan fingerprint density at radius 3 is 2.55 bits per heavy atom. The van der Waals surface area contributed by atoms with Crippen LogP contribution in [0.1, 0.15) is 63.4 Å². The van der Waals surface area contributed by atoms with Crippen molar-refractivity contribution in [3.8, 4) is 5.75 Å². The number of hydrogen-bond acceptors (Lipinski definition) is 4. The Hall–Kier alpha value is -1.79. The Morgan fingerprint density at radius 1 is 1.03 bits per heavy atom. The maximum atomic E-state index is 6.29. The molecule has 2 aliphatic heterocycles. The predicted molar refractivity (Wildman–Crippen MR) is 124 cm³/mol. The molecule has 1 aliphatic carbocycles. The van der Waals surface area contributed by atoms with Crippen molar-refractivity contribution in [2.75, 3.05) is 33.4 Å². The molecule has 1 aromatic rings. The number of nitrogens with zero attached hydrogens (tertiary/aromatic N) is 2. The van der Waals surface area contributed by atoms with Crippen LogP contribution in [0.3, 0.4) is 0 Å². The first-order valence-electron chi connectivity index (χ1n) is 12.2. The number of likely N-dealkylation sites (tertiary alicyclic amines) is 1. The van der Waals surface area contributed by atoms with Gasteiger partial charge in [0.25, 0.3) is 0 Å². The van der Waals surface area contributed by atoms with Gasteiger partial charge < -0.3 is 24.4 Å². The summed E-state index contributed by atoms with van der Waals surface area (Å²) >= 11 is 0. The van der Waals surface area contributed by atoms with E-state index in [-0.39, 0.29) is 0 Å². The molecule has 0 amide bonds. The second kappa shape index (κ2) is 11.7. The van der Waals surface area contributed by atoms with E-state index in [1.54, 1.807) is 0 Å². The maximum Gasteiger partial charge on any atom is 0.193 e. The SMILES string of the molecule is CN=C(NCc1ccccc1OC1CCCC1)N1CCC(OCC2CCCCO2)CC1. The molecular formula is C25H39N3O3. The van der Waals surface area contributed by atoms with Gasteiger partial charge in [0, 0.05) is 38.9 Å². The van der Waals surface area contributed by atoms with Crippen LogP contribution in [0.4, 0.5) is 0 Å². The highest BCUT2D eigenvalue weighted by Gasteiger charge is 2.24. The second-order valence-electron chi connectivity index (χ2n) is 9.04. The lowest BCUT2D eigenvalue weighted by Gasteiger charge is -2.35. The number of guanidine groups is 1. The van der Waals surface area contributed by atoms with E-state index >= 15 is 0 Å². The number of piperidine rings is 1. The van der Waals surface area contributed by atoms with Gasteiger partial charge in [-0.05, 0) is 63.9 Å². The van der Waals surface area contributed by atoms with Crippen LogP contribution in [0.2, 0.25) is 0 Å². The summed E-state index contributed by atoms with van der Waals surface area (Å²) in [7, 11) is 1.87. The first-order chi connectivity index (χ1) is 15.3. The Labute approximate surface area is 187 Å². The highest BCUT2D eigenvalue weighted by molar-refractivity contribution is 5.80. The quantitative estimate of drug-likeness (QED) is 0.522. The first-order valence-corrected chi connectivity index (χ1v) is 12.2. The van der Waals surface area contributed by atoms with Crippen molar-refractivity contribution in [2.24, 2.45) is 4.99 Å². The van der Waals surface area contributed by atoms with Gasteiger partial charge in [-0.15, -0.1) is 0 Å². The average Bonchev–Trinajstić information content (AvgIpc) is 3.34. The molecule has 1 saturated carbocycles. The zero-order valence-corrected chi connectivity index (χ0v) is 19.1. The van der Waals surface area contributed by atoms with Gasteiger partial charge in [0.1, 0.15) is 5.75 Å². The van der Waals surface area contributed by atoms with Crippen molar-refractivity contribution in [2.45, 2.75) is 82.6 Å². The van der Waals surface area contributed by atoms with Crippen molar-refractivity contribution < 1.29 is 14.2 Å². The van der Waals surface area contributed by atoms with Crippen LogP contribution >= 0.6 is 0 Å². The Morgan fingerprint density at radius 2 is 1.81 bits per heavy atom. The summed E-state index contributed by atoms with van der Waals surface area (Å²) in [6.45, 7) is 4.30. The number of para-hydroxylation sites is 1. The molecule has 0 bridgehead atoms. The van der Waals surface area contributed by atoms with Crippen LogP contribution in [0.5, 0.6) is 5.75 Å². The largest absolute Gasteiger partial charge is 0.490 e. The number of rotatable bonds is 7. The van der Waals surface area contributed by atoms with E-state index in [1.165, 1.54) is 44.1 Å². The van der Waals surface area contributed by atoms with Crippen molar-refractivity contribution in [3.05, 3.63) is 29.8 Å². The van der Waals surface area contributed by atoms with Gasteiger partial charge in [0.05, 0.1) is 24.9 Å². The first kappa shape index (κ1) is 22.4. The summed E-state index contributed by atoms with van der Waals surface area (Å²) in [5.74, 6) is 1.97. The van der Waals surface area contributed by atoms with E-state index in [9.17, 15) is 0 Å². The number of nitrogens with one attached hydrogen (secondary N) is 1. The van der Waals surface area contributed by atoms with E-state index in [4.69, 9.17) is 14.2 Å². The van der Waals surface area contributed by atoms with Crippen LogP contribution in [-0.4, -0.2) is 62.5 Å². The van der Waals surface area contributed by atoms with Crippen LogP contribution in [0.25, 0.3) is 0 Å². The second-order valence-corrected chi connectivity index (χ2v) is 9.04. The number of aliphatic imine (C=N–C) groups is 1. The summed E-state index contributed by atoms with van der Waals surface area (Å²) < 4.78 is 18.2. The van der Waals surface area contributed by atoms with E-state index in [2.05, 4.69) is 39.5 Å². The average molecular weight is 430 g/mol. The van der Waals surface area contributed by atoms with Gasteiger partial charge >= 0.3 is 0 Å². The van der Waals surface area contributed by atoms with Gasteiger partial charge in [-0.1, -0.05) is 18.2 Å². The molecule has 0 spiro atoms. The summed E-state index contributed by atoms with van der Waals surface area (Å²) in [6, 6.07) is 8.39. The number of benzene rings is 1. The van der Waals surface area contributed by atoms with Crippen LogP contribution in [0, 0.1) is 0 Å². The Kier molecular flexibility index (Phi) is 8.47. The summed E-state index contributed by atoms with van der Waals surface area (Å²) in [4.78, 5) is 6.88. The van der Waals surface area contributed by atoms with Crippen LogP contribution in [0.15, 0.2) is 29.3 Å². The molecule has 3 aliphatic rings. The van der Waals surface area contributed by atoms with Crippen LogP contribution < -0.4 is 10.1 Å². The molecular weight excluding hydrogens is 390 g/mol. The summed E-state index contributed by atoms with van der Waals surface area (Å²) in [5, 5.41) is 3.55. The molecule has 6 nitrogen and oxygen atoms in total. The third kappa shape index (κ3) is 6.59. The minimum atomic E-state index is 0.299. The van der Waals surface area contributed by atoms with Gasteiger partial charge in [-0.2, -0.15) is 0 Å². The summed E-state index contributed by atoms with van der Waals surface area (Å²) in [6.07, 6.45) is 11.6. The molecule has 2 heterocycles. The third-order valence-corrected chi connectivity index (χ3v) is 6.75. The molecule has 3 fully saturated rings. The fraction of sp³-hybridized carbons (Fsp3) is 0.720. The molecule has 4 rings (SSSR count). The highest BCUT2D eigenvalue weighted by Crippen LogP contribution is 2.26. The van der Waals surface area contributed by atoms with E-state index < -0.39 is 0 Å².